The number of rotatable bonds is 6. The third kappa shape index (κ3) is 4.84. The Morgan fingerprint density at radius 2 is 2.00 bits per heavy atom. The summed E-state index contributed by atoms with van der Waals surface area (Å²) in [6, 6.07) is 4.35. The van der Waals surface area contributed by atoms with Crippen molar-refractivity contribution in [3.8, 4) is 0 Å². The molecule has 1 heterocycles. The van der Waals surface area contributed by atoms with E-state index in [1.165, 1.54) is 25.0 Å². The number of hydrogen-bond donors (Lipinski definition) is 1. The Bertz CT molecular complexity index is 403. The molecule has 0 amide bonds. The Kier molecular flexibility index (Phi) is 5.92. The third-order valence-electron chi connectivity index (χ3n) is 3.83. The lowest BCUT2D eigenvalue weighted by Crippen LogP contribution is -2.46. The van der Waals surface area contributed by atoms with E-state index in [0.29, 0.717) is 12.5 Å². The van der Waals surface area contributed by atoms with Gasteiger partial charge in [0.2, 0.25) is 0 Å². The van der Waals surface area contributed by atoms with Crippen LogP contribution in [0.5, 0.6) is 0 Å². The molecule has 2 rings (SSSR count). The standard InChI is InChI=1S/C16H24F2N2/c1-2-6-19-16-4-3-7-20(12-16)8-5-13-9-14(17)11-15(18)10-13/h9-11,16,19H,2-8,12H2,1H3. The second kappa shape index (κ2) is 7.70. The van der Waals surface area contributed by atoms with Crippen LogP contribution in [0.25, 0.3) is 0 Å². The zero-order valence-electron chi connectivity index (χ0n) is 12.2. The molecule has 1 aliphatic rings. The Hall–Kier alpha value is -1.00. The van der Waals surface area contributed by atoms with Gasteiger partial charge in [0.25, 0.3) is 0 Å². The van der Waals surface area contributed by atoms with Gasteiger partial charge >= 0.3 is 0 Å². The topological polar surface area (TPSA) is 15.3 Å². The molecular formula is C16H24F2N2. The molecule has 4 heteroatoms. The van der Waals surface area contributed by atoms with Crippen LogP contribution in [0.1, 0.15) is 31.7 Å². The van der Waals surface area contributed by atoms with Crippen LogP contribution in [0.4, 0.5) is 8.78 Å². The quantitative estimate of drug-likeness (QED) is 0.863. The van der Waals surface area contributed by atoms with Crippen LogP contribution in [-0.2, 0) is 6.42 Å². The molecule has 0 aromatic heterocycles. The van der Waals surface area contributed by atoms with Crippen LogP contribution in [0, 0.1) is 11.6 Å². The summed E-state index contributed by atoms with van der Waals surface area (Å²) in [7, 11) is 0. The van der Waals surface area contributed by atoms with Crippen molar-refractivity contribution >= 4 is 0 Å². The summed E-state index contributed by atoms with van der Waals surface area (Å²) in [5.41, 5.74) is 0.742. The first kappa shape index (κ1) is 15.4. The highest BCUT2D eigenvalue weighted by atomic mass is 19.1. The van der Waals surface area contributed by atoms with E-state index in [1.807, 2.05) is 0 Å². The molecule has 2 nitrogen and oxygen atoms in total. The second-order valence-electron chi connectivity index (χ2n) is 5.62. The molecule has 1 saturated heterocycles. The summed E-state index contributed by atoms with van der Waals surface area (Å²) >= 11 is 0. The van der Waals surface area contributed by atoms with E-state index >= 15 is 0 Å². The molecule has 1 unspecified atom stereocenters. The van der Waals surface area contributed by atoms with Crippen molar-refractivity contribution in [1.82, 2.24) is 10.2 Å². The van der Waals surface area contributed by atoms with Crippen molar-refractivity contribution in [3.63, 3.8) is 0 Å². The number of hydrogen-bond acceptors (Lipinski definition) is 2. The van der Waals surface area contributed by atoms with Crippen LogP contribution in [0.15, 0.2) is 18.2 Å². The molecule has 0 bridgehead atoms. The van der Waals surface area contributed by atoms with Gasteiger partial charge in [0.1, 0.15) is 11.6 Å². The molecule has 1 aromatic rings. The summed E-state index contributed by atoms with van der Waals surface area (Å²) in [4.78, 5) is 2.39. The molecule has 0 saturated carbocycles. The monoisotopic (exact) mass is 282 g/mol. The highest BCUT2D eigenvalue weighted by Crippen LogP contribution is 2.13. The lowest BCUT2D eigenvalue weighted by molar-refractivity contribution is 0.193. The maximum atomic E-state index is 13.1. The van der Waals surface area contributed by atoms with Gasteiger partial charge in [0, 0.05) is 25.2 Å². The zero-order chi connectivity index (χ0) is 14.4. The van der Waals surface area contributed by atoms with Crippen LogP contribution in [0.2, 0.25) is 0 Å². The number of benzene rings is 1. The highest BCUT2D eigenvalue weighted by molar-refractivity contribution is 5.18. The Balaban J connectivity index is 1.80. The molecule has 1 atom stereocenters. The van der Waals surface area contributed by atoms with Gasteiger partial charge in [-0.15, -0.1) is 0 Å². The van der Waals surface area contributed by atoms with Crippen molar-refractivity contribution in [2.24, 2.45) is 0 Å². The Labute approximate surface area is 120 Å². The van der Waals surface area contributed by atoms with E-state index in [4.69, 9.17) is 0 Å². The SMILES string of the molecule is CCCNC1CCCN(CCc2cc(F)cc(F)c2)C1. The van der Waals surface area contributed by atoms with Crippen molar-refractivity contribution in [3.05, 3.63) is 35.4 Å². The fourth-order valence-electron chi connectivity index (χ4n) is 2.82. The first-order chi connectivity index (χ1) is 9.67. The molecule has 1 aromatic carbocycles. The van der Waals surface area contributed by atoms with Gasteiger partial charge in [-0.2, -0.15) is 0 Å². The zero-order valence-corrected chi connectivity index (χ0v) is 12.2. The number of nitrogens with zero attached hydrogens (tertiary/aromatic N) is 1. The fraction of sp³-hybridized carbons (Fsp3) is 0.625. The average molecular weight is 282 g/mol. The first-order valence-corrected chi connectivity index (χ1v) is 7.58. The van der Waals surface area contributed by atoms with Crippen molar-refractivity contribution in [2.45, 2.75) is 38.6 Å². The van der Waals surface area contributed by atoms with E-state index < -0.39 is 11.6 Å². The van der Waals surface area contributed by atoms with Crippen molar-refractivity contribution < 1.29 is 8.78 Å². The maximum absolute atomic E-state index is 13.1. The number of likely N-dealkylation sites (tertiary alicyclic amines) is 1. The van der Waals surface area contributed by atoms with Gasteiger partial charge in [-0.25, -0.2) is 8.78 Å². The highest BCUT2D eigenvalue weighted by Gasteiger charge is 2.18. The van der Waals surface area contributed by atoms with Crippen LogP contribution in [0.3, 0.4) is 0 Å². The normalized spacial score (nSPS) is 20.2. The molecule has 0 aliphatic carbocycles. The predicted octanol–water partition coefficient (Wildman–Crippen LogP) is 2.97. The van der Waals surface area contributed by atoms with E-state index in [2.05, 4.69) is 17.1 Å². The van der Waals surface area contributed by atoms with Crippen LogP contribution >= 0.6 is 0 Å². The lowest BCUT2D eigenvalue weighted by atomic mass is 10.0. The van der Waals surface area contributed by atoms with E-state index in [-0.39, 0.29) is 0 Å². The largest absolute Gasteiger partial charge is 0.313 e. The molecule has 0 radical (unpaired) electrons. The van der Waals surface area contributed by atoms with Gasteiger partial charge in [-0.3, -0.25) is 0 Å². The number of nitrogens with one attached hydrogen (secondary N) is 1. The molecular weight excluding hydrogens is 258 g/mol. The van der Waals surface area contributed by atoms with Gasteiger partial charge < -0.3 is 10.2 Å². The summed E-state index contributed by atoms with van der Waals surface area (Å²) in [6.07, 6.45) is 4.28. The lowest BCUT2D eigenvalue weighted by Gasteiger charge is -2.33. The number of piperidine rings is 1. The molecule has 1 N–H and O–H groups in total. The Morgan fingerprint density at radius 3 is 2.70 bits per heavy atom. The molecule has 112 valence electrons. The number of halogens is 2. The molecule has 1 aliphatic heterocycles. The van der Waals surface area contributed by atoms with Crippen molar-refractivity contribution in [2.75, 3.05) is 26.2 Å². The molecule has 1 fully saturated rings. The summed E-state index contributed by atoms with van der Waals surface area (Å²) < 4.78 is 26.3. The second-order valence-corrected chi connectivity index (χ2v) is 5.62. The minimum atomic E-state index is -0.485. The van der Waals surface area contributed by atoms with Crippen LogP contribution in [-0.4, -0.2) is 37.1 Å². The molecule has 20 heavy (non-hydrogen) atoms. The summed E-state index contributed by atoms with van der Waals surface area (Å²) in [5.74, 6) is -0.970. The van der Waals surface area contributed by atoms with Gasteiger partial charge in [-0.1, -0.05) is 6.92 Å². The maximum Gasteiger partial charge on any atom is 0.126 e. The van der Waals surface area contributed by atoms with Gasteiger partial charge in [0.05, 0.1) is 0 Å². The molecule has 0 spiro atoms. The van der Waals surface area contributed by atoms with E-state index in [1.54, 1.807) is 0 Å². The summed E-state index contributed by atoms with van der Waals surface area (Å²) in [6.45, 7) is 6.23. The van der Waals surface area contributed by atoms with E-state index in [0.717, 1.165) is 44.2 Å². The first-order valence-electron chi connectivity index (χ1n) is 7.58. The smallest absolute Gasteiger partial charge is 0.126 e. The van der Waals surface area contributed by atoms with Crippen molar-refractivity contribution in [1.29, 1.82) is 0 Å². The summed E-state index contributed by atoms with van der Waals surface area (Å²) in [5, 5.41) is 3.56. The van der Waals surface area contributed by atoms with E-state index in [9.17, 15) is 8.78 Å². The minimum absolute atomic E-state index is 0.485. The van der Waals surface area contributed by atoms with Gasteiger partial charge in [-0.05, 0) is 56.5 Å². The average Bonchev–Trinajstić information content (AvgIpc) is 2.42. The minimum Gasteiger partial charge on any atom is -0.313 e. The Morgan fingerprint density at radius 1 is 1.25 bits per heavy atom. The third-order valence-corrected chi connectivity index (χ3v) is 3.83. The predicted molar refractivity (Wildman–Crippen MR) is 77.8 cm³/mol. The van der Waals surface area contributed by atoms with Crippen LogP contribution < -0.4 is 5.32 Å². The van der Waals surface area contributed by atoms with Gasteiger partial charge in [0.15, 0.2) is 0 Å². The fourth-order valence-corrected chi connectivity index (χ4v) is 2.82.